The number of anilines is 1. The molecule has 2 aromatic carbocycles. The lowest BCUT2D eigenvalue weighted by Gasteiger charge is -2.14. The number of nitrogens with one attached hydrogen (secondary N) is 1. The van der Waals surface area contributed by atoms with Gasteiger partial charge in [-0.1, -0.05) is 18.2 Å². The van der Waals surface area contributed by atoms with Crippen LogP contribution < -0.4 is 19.5 Å². The molecule has 2 N–H and O–H groups in total. The van der Waals surface area contributed by atoms with Crippen LogP contribution in [0, 0.1) is 0 Å². The molecule has 0 spiro atoms. The molecule has 0 fully saturated rings. The van der Waals surface area contributed by atoms with Gasteiger partial charge >= 0.3 is 0 Å². The number of rotatable bonds is 9. The standard InChI is InChI=1S/C20H22N4O4/c1-26-16-6-3-5-14(9-16)19-12-22-24-20(23-19)21-11-15(25)13-28-18-8-4-7-17(10-18)27-2/h3-10,12,15,25H,11,13H2,1-2H3,(H,21,23,24)/t15-/m0/s1. The number of ether oxygens (including phenoxy) is 3. The highest BCUT2D eigenvalue weighted by molar-refractivity contribution is 5.61. The summed E-state index contributed by atoms with van der Waals surface area (Å²) in [7, 11) is 3.20. The predicted molar refractivity (Wildman–Crippen MR) is 105 cm³/mol. The highest BCUT2D eigenvalue weighted by atomic mass is 16.5. The van der Waals surface area contributed by atoms with E-state index >= 15 is 0 Å². The number of nitrogens with zero attached hydrogens (tertiary/aromatic N) is 3. The van der Waals surface area contributed by atoms with Gasteiger partial charge in [0.1, 0.15) is 30.0 Å². The summed E-state index contributed by atoms with van der Waals surface area (Å²) in [5, 5.41) is 21.0. The molecule has 0 aliphatic carbocycles. The molecule has 3 aromatic rings. The predicted octanol–water partition coefficient (Wildman–Crippen LogP) is 2.41. The van der Waals surface area contributed by atoms with Gasteiger partial charge in [0.25, 0.3) is 0 Å². The van der Waals surface area contributed by atoms with Crippen LogP contribution in [0.2, 0.25) is 0 Å². The van der Waals surface area contributed by atoms with Gasteiger partial charge in [0.05, 0.1) is 26.1 Å². The maximum absolute atomic E-state index is 10.1. The second-order valence-electron chi connectivity index (χ2n) is 5.92. The Morgan fingerprint density at radius 3 is 2.50 bits per heavy atom. The average Bonchev–Trinajstić information content (AvgIpc) is 2.76. The largest absolute Gasteiger partial charge is 0.497 e. The fraction of sp³-hybridized carbons (Fsp3) is 0.250. The SMILES string of the molecule is COc1cccc(OC[C@@H](O)CNc2nncc(-c3cccc(OC)c3)n2)c1. The first kappa shape index (κ1) is 19.4. The maximum Gasteiger partial charge on any atom is 0.243 e. The number of hydrogen-bond acceptors (Lipinski definition) is 8. The number of methoxy groups -OCH3 is 2. The Balaban J connectivity index is 1.55. The zero-order chi connectivity index (χ0) is 19.8. The Labute approximate surface area is 163 Å². The van der Waals surface area contributed by atoms with Crippen molar-refractivity contribution in [3.05, 3.63) is 54.7 Å². The second kappa shape index (κ2) is 9.52. The van der Waals surface area contributed by atoms with Crippen molar-refractivity contribution < 1.29 is 19.3 Å². The molecule has 0 unspecified atom stereocenters. The van der Waals surface area contributed by atoms with E-state index in [4.69, 9.17) is 14.2 Å². The Morgan fingerprint density at radius 1 is 1.00 bits per heavy atom. The van der Waals surface area contributed by atoms with Crippen molar-refractivity contribution in [2.24, 2.45) is 0 Å². The van der Waals surface area contributed by atoms with E-state index in [1.54, 1.807) is 32.5 Å². The van der Waals surface area contributed by atoms with Crippen LogP contribution in [-0.4, -0.2) is 53.8 Å². The zero-order valence-electron chi connectivity index (χ0n) is 15.7. The fourth-order valence-electron chi connectivity index (χ4n) is 2.45. The van der Waals surface area contributed by atoms with Crippen molar-refractivity contribution in [2.75, 3.05) is 32.7 Å². The molecule has 0 aliphatic heterocycles. The Morgan fingerprint density at radius 2 is 1.71 bits per heavy atom. The lowest BCUT2D eigenvalue weighted by molar-refractivity contribution is 0.117. The highest BCUT2D eigenvalue weighted by Gasteiger charge is 2.09. The lowest BCUT2D eigenvalue weighted by atomic mass is 10.1. The van der Waals surface area contributed by atoms with Gasteiger partial charge in [-0.05, 0) is 24.3 Å². The molecule has 8 heteroatoms. The van der Waals surface area contributed by atoms with Gasteiger partial charge in [-0.3, -0.25) is 0 Å². The van der Waals surface area contributed by atoms with Crippen LogP contribution in [-0.2, 0) is 0 Å². The van der Waals surface area contributed by atoms with Crippen molar-refractivity contribution in [1.82, 2.24) is 15.2 Å². The van der Waals surface area contributed by atoms with Gasteiger partial charge in [0.15, 0.2) is 0 Å². The van der Waals surface area contributed by atoms with E-state index in [9.17, 15) is 5.11 Å². The first-order chi connectivity index (χ1) is 13.7. The molecule has 0 aliphatic rings. The monoisotopic (exact) mass is 382 g/mol. The molecule has 0 bridgehead atoms. The van der Waals surface area contributed by atoms with E-state index in [0.29, 0.717) is 23.1 Å². The zero-order valence-corrected chi connectivity index (χ0v) is 15.7. The number of aliphatic hydroxyl groups is 1. The first-order valence-corrected chi connectivity index (χ1v) is 8.71. The molecule has 146 valence electrons. The minimum Gasteiger partial charge on any atom is -0.497 e. The van der Waals surface area contributed by atoms with Crippen molar-refractivity contribution in [2.45, 2.75) is 6.10 Å². The summed E-state index contributed by atoms with van der Waals surface area (Å²) >= 11 is 0. The third-order valence-corrected chi connectivity index (χ3v) is 3.90. The Hall–Kier alpha value is -3.39. The Kier molecular flexibility index (Phi) is 6.59. The molecule has 1 atom stereocenters. The third kappa shape index (κ3) is 5.31. The smallest absolute Gasteiger partial charge is 0.243 e. The summed E-state index contributed by atoms with van der Waals surface area (Å²) in [5.41, 5.74) is 1.51. The summed E-state index contributed by atoms with van der Waals surface area (Å²) < 4.78 is 15.9. The summed E-state index contributed by atoms with van der Waals surface area (Å²) in [5.74, 6) is 2.37. The molecule has 28 heavy (non-hydrogen) atoms. The molecular formula is C20H22N4O4. The summed E-state index contributed by atoms with van der Waals surface area (Å²) in [6, 6.07) is 14.7. The topological polar surface area (TPSA) is 98.6 Å². The van der Waals surface area contributed by atoms with Crippen molar-refractivity contribution >= 4 is 5.95 Å². The molecule has 1 heterocycles. The average molecular weight is 382 g/mol. The lowest BCUT2D eigenvalue weighted by Crippen LogP contribution is -2.27. The van der Waals surface area contributed by atoms with E-state index in [0.717, 1.165) is 11.3 Å². The van der Waals surface area contributed by atoms with E-state index in [2.05, 4.69) is 20.5 Å². The van der Waals surface area contributed by atoms with Gasteiger partial charge in [-0.2, -0.15) is 5.10 Å². The second-order valence-corrected chi connectivity index (χ2v) is 5.92. The molecule has 1 aromatic heterocycles. The van der Waals surface area contributed by atoms with Crippen LogP contribution in [0.25, 0.3) is 11.3 Å². The number of aliphatic hydroxyl groups excluding tert-OH is 1. The van der Waals surface area contributed by atoms with Crippen LogP contribution in [0.3, 0.4) is 0 Å². The molecule has 3 rings (SSSR count). The summed E-state index contributed by atoms with van der Waals surface area (Å²) in [4.78, 5) is 4.42. The normalized spacial score (nSPS) is 11.5. The molecular weight excluding hydrogens is 360 g/mol. The molecule has 0 radical (unpaired) electrons. The van der Waals surface area contributed by atoms with Gasteiger partial charge in [-0.25, -0.2) is 4.98 Å². The first-order valence-electron chi connectivity index (χ1n) is 8.71. The highest BCUT2D eigenvalue weighted by Crippen LogP contribution is 2.22. The quantitative estimate of drug-likeness (QED) is 0.582. The summed E-state index contributed by atoms with van der Waals surface area (Å²) in [6.45, 7) is 0.330. The van der Waals surface area contributed by atoms with Crippen molar-refractivity contribution in [3.8, 4) is 28.5 Å². The molecule has 0 saturated carbocycles. The molecule has 0 amide bonds. The molecule has 0 saturated heterocycles. The maximum atomic E-state index is 10.1. The number of aromatic nitrogens is 3. The minimum absolute atomic E-state index is 0.114. The van der Waals surface area contributed by atoms with E-state index in [1.165, 1.54) is 0 Å². The van der Waals surface area contributed by atoms with Crippen LogP contribution >= 0.6 is 0 Å². The Bertz CT molecular complexity index is 907. The van der Waals surface area contributed by atoms with Gasteiger partial charge in [0, 0.05) is 18.2 Å². The minimum atomic E-state index is -0.754. The van der Waals surface area contributed by atoms with Gasteiger partial charge < -0.3 is 24.6 Å². The van der Waals surface area contributed by atoms with E-state index < -0.39 is 6.10 Å². The van der Waals surface area contributed by atoms with E-state index in [1.807, 2.05) is 36.4 Å². The van der Waals surface area contributed by atoms with Crippen molar-refractivity contribution in [1.29, 1.82) is 0 Å². The van der Waals surface area contributed by atoms with E-state index in [-0.39, 0.29) is 13.2 Å². The summed E-state index contributed by atoms with van der Waals surface area (Å²) in [6.07, 6.45) is 0.817. The molecule has 8 nitrogen and oxygen atoms in total. The van der Waals surface area contributed by atoms with Crippen molar-refractivity contribution in [3.63, 3.8) is 0 Å². The fourth-order valence-corrected chi connectivity index (χ4v) is 2.45. The van der Waals surface area contributed by atoms with Crippen LogP contribution in [0.4, 0.5) is 5.95 Å². The number of benzene rings is 2. The van der Waals surface area contributed by atoms with Crippen LogP contribution in [0.15, 0.2) is 54.7 Å². The third-order valence-electron chi connectivity index (χ3n) is 3.90. The van der Waals surface area contributed by atoms with Gasteiger partial charge in [0.2, 0.25) is 5.95 Å². The van der Waals surface area contributed by atoms with Gasteiger partial charge in [-0.15, -0.1) is 5.10 Å². The van der Waals surface area contributed by atoms with Crippen LogP contribution in [0.1, 0.15) is 0 Å². The number of hydrogen-bond donors (Lipinski definition) is 2. The van der Waals surface area contributed by atoms with Crippen LogP contribution in [0.5, 0.6) is 17.2 Å².